The van der Waals surface area contributed by atoms with Gasteiger partial charge in [0.15, 0.2) is 0 Å². The van der Waals surface area contributed by atoms with Gasteiger partial charge in [0.25, 0.3) is 5.91 Å². The minimum Gasteiger partial charge on any atom is -0.345 e. The number of carbonyl (C=O) groups excluding carboxylic acids is 1. The first-order chi connectivity index (χ1) is 6.85. The Labute approximate surface area is 98.0 Å². The van der Waals surface area contributed by atoms with E-state index in [4.69, 9.17) is 5.73 Å². The summed E-state index contributed by atoms with van der Waals surface area (Å²) < 4.78 is 2.66. The molecule has 5 heteroatoms. The Hall–Kier alpha value is -0.810. The summed E-state index contributed by atoms with van der Waals surface area (Å²) in [6.07, 6.45) is 1.84. The zero-order valence-electron chi connectivity index (χ0n) is 9.17. The average molecular weight is 274 g/mol. The molecule has 0 aliphatic carbocycles. The summed E-state index contributed by atoms with van der Waals surface area (Å²) in [6.45, 7) is 4.19. The zero-order valence-corrected chi connectivity index (χ0v) is 10.8. The van der Waals surface area contributed by atoms with Gasteiger partial charge in [-0.05, 0) is 35.8 Å². The largest absolute Gasteiger partial charge is 0.345 e. The van der Waals surface area contributed by atoms with Crippen LogP contribution >= 0.6 is 15.9 Å². The molecule has 0 atom stereocenters. The molecule has 0 fully saturated rings. The van der Waals surface area contributed by atoms with E-state index in [1.54, 1.807) is 10.6 Å². The van der Waals surface area contributed by atoms with E-state index in [-0.39, 0.29) is 11.4 Å². The first kappa shape index (κ1) is 12.3. The number of nitrogens with zero attached hydrogens (tertiary/aromatic N) is 1. The molecule has 0 saturated carbocycles. The fourth-order valence-corrected chi connectivity index (χ4v) is 1.70. The average Bonchev–Trinajstić information content (AvgIpc) is 2.45. The fourth-order valence-electron chi connectivity index (χ4n) is 1.17. The zero-order chi connectivity index (χ0) is 11.6. The lowest BCUT2D eigenvalue weighted by Crippen LogP contribution is -2.49. The van der Waals surface area contributed by atoms with Crippen molar-refractivity contribution in [2.24, 2.45) is 12.8 Å². The van der Waals surface area contributed by atoms with Gasteiger partial charge in [-0.25, -0.2) is 0 Å². The summed E-state index contributed by atoms with van der Waals surface area (Å²) in [4.78, 5) is 11.8. The molecule has 1 aromatic heterocycles. The molecule has 0 aromatic carbocycles. The second-order valence-electron chi connectivity index (χ2n) is 4.20. The van der Waals surface area contributed by atoms with Crippen molar-refractivity contribution >= 4 is 21.8 Å². The molecular weight excluding hydrogens is 258 g/mol. The van der Waals surface area contributed by atoms with E-state index in [2.05, 4.69) is 21.2 Å². The van der Waals surface area contributed by atoms with Crippen LogP contribution in [0.2, 0.25) is 0 Å². The number of rotatable bonds is 3. The summed E-state index contributed by atoms with van der Waals surface area (Å²) >= 11 is 3.32. The van der Waals surface area contributed by atoms with Crippen LogP contribution in [0.4, 0.5) is 0 Å². The van der Waals surface area contributed by atoms with E-state index < -0.39 is 0 Å². The van der Waals surface area contributed by atoms with Crippen molar-refractivity contribution in [1.29, 1.82) is 0 Å². The fraction of sp³-hybridized carbons (Fsp3) is 0.500. The summed E-state index contributed by atoms with van der Waals surface area (Å²) in [6, 6.07) is 1.78. The van der Waals surface area contributed by atoms with Gasteiger partial charge in [-0.3, -0.25) is 4.79 Å². The second-order valence-corrected chi connectivity index (χ2v) is 5.11. The molecule has 0 aliphatic rings. The van der Waals surface area contributed by atoms with Gasteiger partial charge in [-0.2, -0.15) is 0 Å². The molecule has 0 bridgehead atoms. The maximum absolute atomic E-state index is 11.8. The highest BCUT2D eigenvalue weighted by Gasteiger charge is 2.20. The van der Waals surface area contributed by atoms with Crippen LogP contribution in [0.3, 0.4) is 0 Å². The number of aryl methyl sites for hydroxylation is 1. The Morgan fingerprint density at radius 3 is 2.67 bits per heavy atom. The molecule has 1 aromatic rings. The summed E-state index contributed by atoms with van der Waals surface area (Å²) in [7, 11) is 1.83. The molecule has 1 rings (SSSR count). The second kappa shape index (κ2) is 4.37. The van der Waals surface area contributed by atoms with Crippen LogP contribution in [0, 0.1) is 0 Å². The molecule has 0 spiro atoms. The third kappa shape index (κ3) is 3.07. The van der Waals surface area contributed by atoms with E-state index in [9.17, 15) is 4.79 Å². The predicted octanol–water partition coefficient (Wildman–Crippen LogP) is 1.25. The SMILES string of the molecule is Cn1cc(Br)cc1C(=O)NC(C)(C)CN. The van der Waals surface area contributed by atoms with Gasteiger partial charge >= 0.3 is 0 Å². The van der Waals surface area contributed by atoms with Crippen molar-refractivity contribution in [3.05, 3.63) is 22.4 Å². The van der Waals surface area contributed by atoms with Crippen LogP contribution < -0.4 is 11.1 Å². The van der Waals surface area contributed by atoms with E-state index in [0.717, 1.165) is 4.47 Å². The van der Waals surface area contributed by atoms with Crippen LogP contribution in [-0.4, -0.2) is 22.6 Å². The van der Waals surface area contributed by atoms with Crippen molar-refractivity contribution in [1.82, 2.24) is 9.88 Å². The predicted molar refractivity (Wildman–Crippen MR) is 63.7 cm³/mol. The molecule has 0 saturated heterocycles. The minimum absolute atomic E-state index is 0.112. The molecule has 84 valence electrons. The maximum atomic E-state index is 11.8. The maximum Gasteiger partial charge on any atom is 0.268 e. The Morgan fingerprint density at radius 1 is 1.67 bits per heavy atom. The van der Waals surface area contributed by atoms with Crippen molar-refractivity contribution in [2.45, 2.75) is 19.4 Å². The molecule has 4 nitrogen and oxygen atoms in total. The van der Waals surface area contributed by atoms with Gasteiger partial charge < -0.3 is 15.6 Å². The van der Waals surface area contributed by atoms with E-state index in [0.29, 0.717) is 12.2 Å². The Kier molecular flexibility index (Phi) is 3.57. The number of hydrogen-bond acceptors (Lipinski definition) is 2. The Bertz CT molecular complexity index is 371. The first-order valence-corrected chi connectivity index (χ1v) is 5.49. The first-order valence-electron chi connectivity index (χ1n) is 4.70. The van der Waals surface area contributed by atoms with Crippen LogP contribution in [-0.2, 0) is 7.05 Å². The summed E-state index contributed by atoms with van der Waals surface area (Å²) in [5.41, 5.74) is 5.78. The van der Waals surface area contributed by atoms with Crippen molar-refractivity contribution in [3.63, 3.8) is 0 Å². The van der Waals surface area contributed by atoms with Gasteiger partial charge in [0, 0.05) is 29.8 Å². The molecule has 0 aliphatic heterocycles. The topological polar surface area (TPSA) is 60.0 Å². The van der Waals surface area contributed by atoms with Crippen LogP contribution in [0.15, 0.2) is 16.7 Å². The molecule has 0 radical (unpaired) electrons. The Balaban J connectivity index is 2.82. The van der Waals surface area contributed by atoms with E-state index in [1.807, 2.05) is 27.1 Å². The highest BCUT2D eigenvalue weighted by Crippen LogP contribution is 2.14. The van der Waals surface area contributed by atoms with Crippen LogP contribution in [0.25, 0.3) is 0 Å². The lowest BCUT2D eigenvalue weighted by Gasteiger charge is -2.24. The van der Waals surface area contributed by atoms with E-state index in [1.165, 1.54) is 0 Å². The number of amides is 1. The lowest BCUT2D eigenvalue weighted by atomic mass is 10.1. The van der Waals surface area contributed by atoms with Gasteiger partial charge in [0.05, 0.1) is 0 Å². The third-order valence-electron chi connectivity index (χ3n) is 2.17. The molecule has 15 heavy (non-hydrogen) atoms. The molecule has 1 amide bonds. The summed E-state index contributed by atoms with van der Waals surface area (Å²) in [5.74, 6) is -0.112. The highest BCUT2D eigenvalue weighted by atomic mass is 79.9. The number of nitrogens with one attached hydrogen (secondary N) is 1. The molecule has 0 unspecified atom stereocenters. The van der Waals surface area contributed by atoms with E-state index >= 15 is 0 Å². The van der Waals surface area contributed by atoms with Gasteiger partial charge in [0.1, 0.15) is 5.69 Å². The van der Waals surface area contributed by atoms with Gasteiger partial charge in [-0.1, -0.05) is 0 Å². The number of carbonyl (C=O) groups is 1. The van der Waals surface area contributed by atoms with Gasteiger partial charge in [-0.15, -0.1) is 0 Å². The summed E-state index contributed by atoms with van der Waals surface area (Å²) in [5, 5.41) is 2.87. The third-order valence-corrected chi connectivity index (χ3v) is 2.60. The van der Waals surface area contributed by atoms with Crippen molar-refractivity contribution < 1.29 is 4.79 Å². The standard InChI is InChI=1S/C10H16BrN3O/c1-10(2,6-12)13-9(15)8-4-7(11)5-14(8)3/h4-5H,6,12H2,1-3H3,(H,13,15). The number of aromatic nitrogens is 1. The van der Waals surface area contributed by atoms with Crippen molar-refractivity contribution in [2.75, 3.05) is 6.54 Å². The van der Waals surface area contributed by atoms with Gasteiger partial charge in [0.2, 0.25) is 0 Å². The number of halogens is 1. The quantitative estimate of drug-likeness (QED) is 0.871. The van der Waals surface area contributed by atoms with Crippen molar-refractivity contribution in [3.8, 4) is 0 Å². The lowest BCUT2D eigenvalue weighted by molar-refractivity contribution is 0.0907. The monoisotopic (exact) mass is 273 g/mol. The normalized spacial score (nSPS) is 11.5. The minimum atomic E-state index is -0.381. The van der Waals surface area contributed by atoms with Crippen LogP contribution in [0.5, 0.6) is 0 Å². The molecular formula is C10H16BrN3O. The number of nitrogens with two attached hydrogens (primary N) is 1. The number of hydrogen-bond donors (Lipinski definition) is 2. The molecule has 1 heterocycles. The Morgan fingerprint density at radius 2 is 2.27 bits per heavy atom. The smallest absolute Gasteiger partial charge is 0.268 e. The molecule has 3 N–H and O–H groups in total. The highest BCUT2D eigenvalue weighted by molar-refractivity contribution is 9.10. The van der Waals surface area contributed by atoms with Crippen LogP contribution in [0.1, 0.15) is 24.3 Å².